The number of hydrogen-bond donors (Lipinski definition) is 0. The summed E-state index contributed by atoms with van der Waals surface area (Å²) in [5.41, 5.74) is -0.661. The molecule has 0 spiro atoms. The van der Waals surface area contributed by atoms with E-state index in [0.717, 1.165) is 22.3 Å². The van der Waals surface area contributed by atoms with E-state index in [1.54, 1.807) is 17.5 Å². The molecule has 4 aromatic rings. The van der Waals surface area contributed by atoms with Crippen molar-refractivity contribution in [2.24, 2.45) is 0 Å². The van der Waals surface area contributed by atoms with Crippen molar-refractivity contribution in [3.05, 3.63) is 72.8 Å². The van der Waals surface area contributed by atoms with Crippen LogP contribution in [0, 0.1) is 10.1 Å². The van der Waals surface area contributed by atoms with Gasteiger partial charge in [-0.15, -0.1) is 11.3 Å². The summed E-state index contributed by atoms with van der Waals surface area (Å²) in [6.07, 6.45) is 0. The number of fused-ring (bicyclic) bond motifs is 3. The van der Waals surface area contributed by atoms with E-state index >= 15 is 0 Å². The molecule has 0 aliphatic carbocycles. The number of amides is 2. The molecule has 3 aromatic heterocycles. The summed E-state index contributed by atoms with van der Waals surface area (Å²) in [6.45, 7) is 0. The maximum absolute atomic E-state index is 13.0. The van der Waals surface area contributed by atoms with E-state index < -0.39 is 22.3 Å². The maximum Gasteiger partial charge on any atom is 0.301 e. The molecule has 2 amide bonds. The number of thiophene rings is 1. The molecule has 0 fully saturated rings. The number of non-ortho nitro benzene ring substituents is 1. The van der Waals surface area contributed by atoms with Crippen molar-refractivity contribution in [1.82, 2.24) is 14.6 Å². The molecule has 0 radical (unpaired) electrons. The lowest BCUT2D eigenvalue weighted by atomic mass is 10.2. The van der Waals surface area contributed by atoms with Crippen LogP contribution in [0.15, 0.2) is 46.6 Å². The Kier molecular flexibility index (Phi) is 3.66. The molecule has 0 atom stereocenters. The minimum absolute atomic E-state index is 0.0215. The number of anilines is 1. The van der Waals surface area contributed by atoms with Crippen LogP contribution in [0.25, 0.3) is 15.5 Å². The van der Waals surface area contributed by atoms with Crippen LogP contribution in [0.3, 0.4) is 0 Å². The van der Waals surface area contributed by atoms with Crippen molar-refractivity contribution in [3.8, 4) is 10.6 Å². The van der Waals surface area contributed by atoms with Gasteiger partial charge in [-0.1, -0.05) is 23.5 Å². The van der Waals surface area contributed by atoms with Crippen LogP contribution in [0.5, 0.6) is 0 Å². The van der Waals surface area contributed by atoms with Crippen LogP contribution in [0.1, 0.15) is 20.2 Å². The van der Waals surface area contributed by atoms with E-state index in [1.165, 1.54) is 34.1 Å². The molecule has 5 rings (SSSR count). The molecule has 1 aliphatic rings. The summed E-state index contributed by atoms with van der Waals surface area (Å²) in [4.78, 5) is 54.2. The van der Waals surface area contributed by atoms with Crippen molar-refractivity contribution in [2.75, 3.05) is 4.90 Å². The van der Waals surface area contributed by atoms with Crippen LogP contribution < -0.4 is 10.5 Å². The van der Waals surface area contributed by atoms with E-state index in [4.69, 9.17) is 0 Å². The first kappa shape index (κ1) is 17.3. The van der Waals surface area contributed by atoms with Crippen LogP contribution in [-0.2, 0) is 0 Å². The Hall–Kier alpha value is -3.77. The predicted molar refractivity (Wildman–Crippen MR) is 105 cm³/mol. The Morgan fingerprint density at radius 3 is 2.62 bits per heavy atom. The fourth-order valence-corrected chi connectivity index (χ4v) is 4.68. The highest BCUT2D eigenvalue weighted by Crippen LogP contribution is 2.34. The van der Waals surface area contributed by atoms with E-state index in [-0.39, 0.29) is 32.6 Å². The number of imide groups is 1. The van der Waals surface area contributed by atoms with E-state index in [0.29, 0.717) is 4.88 Å². The number of rotatable bonds is 3. The summed E-state index contributed by atoms with van der Waals surface area (Å²) < 4.78 is 1.19. The summed E-state index contributed by atoms with van der Waals surface area (Å²) in [6, 6.07) is 8.71. The second-order valence-electron chi connectivity index (χ2n) is 5.94. The highest BCUT2D eigenvalue weighted by atomic mass is 32.1. The molecule has 29 heavy (non-hydrogen) atoms. The van der Waals surface area contributed by atoms with Gasteiger partial charge in [-0.05, 0) is 17.5 Å². The topological polar surface area (TPSA) is 128 Å². The highest BCUT2D eigenvalue weighted by molar-refractivity contribution is 7.19. The average molecular weight is 425 g/mol. The Balaban J connectivity index is 1.67. The third-order valence-electron chi connectivity index (χ3n) is 4.26. The third kappa shape index (κ3) is 2.50. The predicted octanol–water partition coefficient (Wildman–Crippen LogP) is 2.59. The summed E-state index contributed by atoms with van der Waals surface area (Å²) >= 11 is 2.17. The Bertz CT molecular complexity index is 1410. The quantitative estimate of drug-likeness (QED) is 0.280. The van der Waals surface area contributed by atoms with Crippen molar-refractivity contribution >= 4 is 50.8 Å². The van der Waals surface area contributed by atoms with E-state index in [9.17, 15) is 24.5 Å². The lowest BCUT2D eigenvalue weighted by Crippen LogP contribution is -2.30. The smallest absolute Gasteiger partial charge is 0.267 e. The first-order valence-electron chi connectivity index (χ1n) is 8.06. The molecule has 1 aromatic carbocycles. The van der Waals surface area contributed by atoms with Crippen LogP contribution in [0.2, 0.25) is 0 Å². The maximum atomic E-state index is 13.0. The molecule has 10 nitrogen and oxygen atoms in total. The van der Waals surface area contributed by atoms with E-state index in [1.807, 2.05) is 0 Å². The third-order valence-corrected chi connectivity index (χ3v) is 6.15. The van der Waals surface area contributed by atoms with Crippen LogP contribution in [-0.4, -0.2) is 31.3 Å². The number of aromatic nitrogens is 3. The Morgan fingerprint density at radius 2 is 1.90 bits per heavy atom. The fraction of sp³-hybridized carbons (Fsp3) is 0. The molecule has 142 valence electrons. The Labute approximate surface area is 168 Å². The molecule has 0 bridgehead atoms. The fourth-order valence-electron chi connectivity index (χ4n) is 3.00. The monoisotopic (exact) mass is 425 g/mol. The van der Waals surface area contributed by atoms with Gasteiger partial charge in [0, 0.05) is 12.1 Å². The second kappa shape index (κ2) is 6.12. The molecular weight excluding hydrogens is 418 g/mol. The number of carbonyl (C=O) groups is 2. The molecule has 4 heterocycles. The largest absolute Gasteiger partial charge is 0.301 e. The Morgan fingerprint density at radius 1 is 1.07 bits per heavy atom. The molecule has 0 saturated carbocycles. The molecule has 1 aliphatic heterocycles. The zero-order valence-corrected chi connectivity index (χ0v) is 15.8. The number of nitro groups is 1. The minimum atomic E-state index is -0.688. The standard InChI is InChI=1S/C17H7N5O5S2/c23-14-11(10-5-2-6-28-10)19-21-12-13(29-17(21)18-14)16(25)20(15(12)24)8-3-1-4-9(7-8)22(26)27/h1-7H. The number of nitrogens with zero attached hydrogens (tertiary/aromatic N) is 5. The number of benzene rings is 1. The first-order chi connectivity index (χ1) is 14.0. The van der Waals surface area contributed by atoms with Gasteiger partial charge in [0.2, 0.25) is 4.96 Å². The molecule has 0 unspecified atom stereocenters. The minimum Gasteiger partial charge on any atom is -0.267 e. The van der Waals surface area contributed by atoms with Gasteiger partial charge in [0.05, 0.1) is 15.5 Å². The summed E-state index contributed by atoms with van der Waals surface area (Å²) in [7, 11) is 0. The number of thiazole rings is 1. The normalized spacial score (nSPS) is 13.3. The highest BCUT2D eigenvalue weighted by Gasteiger charge is 2.42. The number of carbonyl (C=O) groups excluding carboxylic acids is 2. The van der Waals surface area contributed by atoms with Gasteiger partial charge in [-0.2, -0.15) is 14.6 Å². The van der Waals surface area contributed by atoms with Crippen LogP contribution in [0.4, 0.5) is 11.4 Å². The molecular formula is C17H7N5O5S2. The van der Waals surface area contributed by atoms with Crippen molar-refractivity contribution in [3.63, 3.8) is 0 Å². The van der Waals surface area contributed by atoms with Gasteiger partial charge < -0.3 is 0 Å². The van der Waals surface area contributed by atoms with Crippen LogP contribution >= 0.6 is 22.7 Å². The second-order valence-corrected chi connectivity index (χ2v) is 7.86. The van der Waals surface area contributed by atoms with E-state index in [2.05, 4.69) is 10.1 Å². The molecule has 12 heteroatoms. The zero-order valence-electron chi connectivity index (χ0n) is 14.1. The van der Waals surface area contributed by atoms with Gasteiger partial charge in [0.25, 0.3) is 17.5 Å². The lowest BCUT2D eigenvalue weighted by molar-refractivity contribution is -0.384. The van der Waals surface area contributed by atoms with Gasteiger partial charge in [0.15, 0.2) is 11.4 Å². The summed E-state index contributed by atoms with van der Waals surface area (Å²) in [5, 5.41) is 17.1. The lowest BCUT2D eigenvalue weighted by Gasteiger charge is -2.13. The average Bonchev–Trinajstić information content (AvgIpc) is 3.39. The molecule has 0 saturated heterocycles. The van der Waals surface area contributed by atoms with Gasteiger partial charge in [-0.25, -0.2) is 4.90 Å². The van der Waals surface area contributed by atoms with Gasteiger partial charge in [-0.3, -0.25) is 24.5 Å². The SMILES string of the molecule is O=C1c2sc3nc(=O)c(-c4cccs4)nn3c2C(=O)N1c1cccc([N+](=O)[O-])c1. The molecule has 0 N–H and O–H groups in total. The first-order valence-corrected chi connectivity index (χ1v) is 9.76. The number of nitro benzene ring substituents is 1. The van der Waals surface area contributed by atoms with Crippen molar-refractivity contribution in [2.45, 2.75) is 0 Å². The zero-order chi connectivity index (χ0) is 20.3. The van der Waals surface area contributed by atoms with Gasteiger partial charge >= 0.3 is 5.56 Å². The number of hydrogen-bond acceptors (Lipinski definition) is 9. The van der Waals surface area contributed by atoms with Gasteiger partial charge in [0.1, 0.15) is 4.88 Å². The summed E-state index contributed by atoms with van der Waals surface area (Å²) in [5.74, 6) is -1.33. The van der Waals surface area contributed by atoms with Crippen molar-refractivity contribution < 1.29 is 14.5 Å². The van der Waals surface area contributed by atoms with Crippen molar-refractivity contribution in [1.29, 1.82) is 0 Å².